The maximum Gasteiger partial charge on any atom is 0.258 e. The third-order valence-electron chi connectivity index (χ3n) is 4.82. The van der Waals surface area contributed by atoms with E-state index in [1.165, 1.54) is 22.2 Å². The van der Waals surface area contributed by atoms with Crippen LogP contribution in [0.2, 0.25) is 0 Å². The average molecular weight is 401 g/mol. The van der Waals surface area contributed by atoms with Crippen molar-refractivity contribution >= 4 is 33.0 Å². The summed E-state index contributed by atoms with van der Waals surface area (Å²) in [7, 11) is -3.35. The normalized spacial score (nSPS) is 17.5. The summed E-state index contributed by atoms with van der Waals surface area (Å²) in [6.07, 6.45) is 3.30. The molecule has 1 unspecified atom stereocenters. The van der Waals surface area contributed by atoms with Crippen LogP contribution in [0.3, 0.4) is 0 Å². The van der Waals surface area contributed by atoms with Crippen LogP contribution in [-0.2, 0) is 19.4 Å². The van der Waals surface area contributed by atoms with Gasteiger partial charge in [0, 0.05) is 6.26 Å². The molecule has 1 aliphatic rings. The van der Waals surface area contributed by atoms with Gasteiger partial charge in [0.25, 0.3) is 11.8 Å². The van der Waals surface area contributed by atoms with Crippen molar-refractivity contribution in [2.24, 2.45) is 5.92 Å². The third kappa shape index (κ3) is 3.80. The van der Waals surface area contributed by atoms with Crippen LogP contribution in [0.4, 0.5) is 11.4 Å². The van der Waals surface area contributed by atoms with E-state index in [1.807, 2.05) is 32.0 Å². The number of unbranched alkanes of at least 4 members (excludes halogenated alkanes) is 1. The van der Waals surface area contributed by atoms with Crippen LogP contribution >= 0.6 is 0 Å². The van der Waals surface area contributed by atoms with Crippen LogP contribution in [0.5, 0.6) is 0 Å². The second-order valence-corrected chi connectivity index (χ2v) is 9.12. The average Bonchev–Trinajstić information content (AvgIpc) is 2.89. The van der Waals surface area contributed by atoms with Gasteiger partial charge in [-0.25, -0.2) is 18.4 Å². The number of rotatable bonds is 6. The smallest absolute Gasteiger partial charge is 0.258 e. The topological polar surface area (TPSA) is 74.8 Å². The largest absolute Gasteiger partial charge is 0.272 e. The number of anilines is 2. The lowest BCUT2D eigenvalue weighted by atomic mass is 10.0. The molecule has 0 N–H and O–H groups in total. The van der Waals surface area contributed by atoms with Gasteiger partial charge in [-0.2, -0.15) is 0 Å². The number of sulfone groups is 1. The van der Waals surface area contributed by atoms with Crippen LogP contribution < -0.4 is 10.0 Å². The summed E-state index contributed by atoms with van der Waals surface area (Å²) < 4.78 is 23.5. The predicted molar refractivity (Wildman–Crippen MR) is 109 cm³/mol. The van der Waals surface area contributed by atoms with Gasteiger partial charge in [0.05, 0.1) is 16.3 Å². The number of aryl methyl sites for hydroxylation is 1. The van der Waals surface area contributed by atoms with Crippen molar-refractivity contribution in [3.8, 4) is 0 Å². The Bertz CT molecular complexity index is 999. The van der Waals surface area contributed by atoms with Crippen LogP contribution in [0.1, 0.15) is 31.7 Å². The highest BCUT2D eigenvalue weighted by Crippen LogP contribution is 2.34. The zero-order valence-electron chi connectivity index (χ0n) is 16.3. The van der Waals surface area contributed by atoms with Gasteiger partial charge >= 0.3 is 0 Å². The Hall–Kier alpha value is -2.67. The van der Waals surface area contributed by atoms with Gasteiger partial charge in [0.1, 0.15) is 5.92 Å². The first kappa shape index (κ1) is 20.1. The molecule has 0 aromatic heterocycles. The summed E-state index contributed by atoms with van der Waals surface area (Å²) in [4.78, 5) is 26.4. The lowest BCUT2D eigenvalue weighted by Gasteiger charge is -2.28. The van der Waals surface area contributed by atoms with Gasteiger partial charge in [0.2, 0.25) is 0 Å². The van der Waals surface area contributed by atoms with Gasteiger partial charge in [-0.05, 0) is 55.3 Å². The zero-order valence-corrected chi connectivity index (χ0v) is 17.1. The van der Waals surface area contributed by atoms with E-state index in [0.717, 1.165) is 24.7 Å². The van der Waals surface area contributed by atoms with Crippen molar-refractivity contribution in [2.75, 3.05) is 16.3 Å². The lowest BCUT2D eigenvalue weighted by molar-refractivity contribution is -0.127. The third-order valence-corrected chi connectivity index (χ3v) is 5.94. The predicted octanol–water partition coefficient (Wildman–Crippen LogP) is 3.50. The monoisotopic (exact) mass is 400 g/mol. The molecular weight excluding hydrogens is 376 g/mol. The number of hydrazine groups is 1. The molecule has 0 bridgehead atoms. The van der Waals surface area contributed by atoms with E-state index in [0.29, 0.717) is 17.8 Å². The first-order valence-corrected chi connectivity index (χ1v) is 11.2. The van der Waals surface area contributed by atoms with E-state index in [9.17, 15) is 18.0 Å². The minimum absolute atomic E-state index is 0.166. The Kier molecular flexibility index (Phi) is 5.56. The molecule has 2 aromatic carbocycles. The second-order valence-electron chi connectivity index (χ2n) is 7.10. The minimum atomic E-state index is -3.35. The van der Waals surface area contributed by atoms with Crippen molar-refractivity contribution < 1.29 is 18.0 Å². The van der Waals surface area contributed by atoms with Gasteiger partial charge in [-0.1, -0.05) is 31.9 Å². The fraction of sp³-hybridized carbons (Fsp3) is 0.333. The number of nitrogens with zero attached hydrogens (tertiary/aromatic N) is 2. The van der Waals surface area contributed by atoms with E-state index < -0.39 is 15.8 Å². The highest BCUT2D eigenvalue weighted by Gasteiger charge is 2.46. The van der Waals surface area contributed by atoms with Crippen molar-refractivity contribution in [3.63, 3.8) is 0 Å². The van der Waals surface area contributed by atoms with Gasteiger partial charge in [0.15, 0.2) is 9.84 Å². The maximum absolute atomic E-state index is 13.1. The number of hydrogen-bond donors (Lipinski definition) is 0. The molecule has 7 heteroatoms. The molecule has 0 spiro atoms. The quantitative estimate of drug-likeness (QED) is 0.696. The molecule has 1 atom stereocenters. The van der Waals surface area contributed by atoms with E-state index in [4.69, 9.17) is 0 Å². The summed E-state index contributed by atoms with van der Waals surface area (Å²) in [6.45, 7) is 3.94. The molecule has 28 heavy (non-hydrogen) atoms. The van der Waals surface area contributed by atoms with Crippen LogP contribution in [0, 0.1) is 12.8 Å². The fourth-order valence-electron chi connectivity index (χ4n) is 3.33. The first-order valence-electron chi connectivity index (χ1n) is 9.28. The maximum atomic E-state index is 13.1. The Labute approximate surface area is 165 Å². The number of benzene rings is 2. The lowest BCUT2D eigenvalue weighted by Crippen LogP contribution is -2.41. The standard InChI is InChI=1S/C21H24N2O4S/c1-4-5-9-19-20(24)22(16-10-12-18(13-11-16)28(3,26)27)23(21(19)25)17-8-6-7-15(2)14-17/h6-8,10-14,19H,4-5,9H2,1-3H3. The molecular formula is C21H24N2O4S. The van der Waals surface area contributed by atoms with Crippen molar-refractivity contribution in [2.45, 2.75) is 38.0 Å². The first-order chi connectivity index (χ1) is 13.2. The van der Waals surface area contributed by atoms with Gasteiger partial charge < -0.3 is 0 Å². The van der Waals surface area contributed by atoms with Gasteiger partial charge in [-0.3, -0.25) is 9.59 Å². The molecule has 0 saturated carbocycles. The molecule has 1 aliphatic heterocycles. The Morgan fingerprint density at radius 1 is 0.929 bits per heavy atom. The zero-order chi connectivity index (χ0) is 20.5. The Balaban J connectivity index is 2.06. The molecule has 0 aliphatic carbocycles. The minimum Gasteiger partial charge on any atom is -0.272 e. The molecule has 1 saturated heterocycles. The van der Waals surface area contributed by atoms with E-state index in [2.05, 4.69) is 0 Å². The van der Waals surface area contributed by atoms with Crippen molar-refractivity contribution in [1.82, 2.24) is 0 Å². The highest BCUT2D eigenvalue weighted by atomic mass is 32.2. The van der Waals surface area contributed by atoms with E-state index >= 15 is 0 Å². The summed E-state index contributed by atoms with van der Waals surface area (Å²) in [6, 6.07) is 13.4. The van der Waals surface area contributed by atoms with E-state index in [-0.39, 0.29) is 16.7 Å². The molecule has 2 aromatic rings. The molecule has 3 rings (SSSR count). The molecule has 6 nitrogen and oxygen atoms in total. The number of carbonyl (C=O) groups excluding carboxylic acids is 2. The SMILES string of the molecule is CCCCC1C(=O)N(c2ccc(S(C)(=O)=O)cc2)N(c2cccc(C)c2)C1=O. The van der Waals surface area contributed by atoms with Crippen LogP contribution in [0.25, 0.3) is 0 Å². The molecule has 1 heterocycles. The Morgan fingerprint density at radius 2 is 1.54 bits per heavy atom. The highest BCUT2D eigenvalue weighted by molar-refractivity contribution is 7.90. The fourth-order valence-corrected chi connectivity index (χ4v) is 3.96. The summed E-state index contributed by atoms with van der Waals surface area (Å²) in [5.41, 5.74) is 2.05. The second kappa shape index (κ2) is 7.75. The molecule has 2 amide bonds. The van der Waals surface area contributed by atoms with Gasteiger partial charge in [-0.15, -0.1) is 0 Å². The van der Waals surface area contributed by atoms with Crippen molar-refractivity contribution in [1.29, 1.82) is 0 Å². The van der Waals surface area contributed by atoms with Crippen LogP contribution in [0.15, 0.2) is 53.4 Å². The van der Waals surface area contributed by atoms with Crippen molar-refractivity contribution in [3.05, 3.63) is 54.1 Å². The Morgan fingerprint density at radius 3 is 2.07 bits per heavy atom. The van der Waals surface area contributed by atoms with Crippen LogP contribution in [-0.4, -0.2) is 26.5 Å². The number of hydrogen-bond acceptors (Lipinski definition) is 4. The van der Waals surface area contributed by atoms with E-state index in [1.54, 1.807) is 18.2 Å². The summed E-state index contributed by atoms with van der Waals surface area (Å²) in [5, 5.41) is 2.77. The number of amides is 2. The molecule has 0 radical (unpaired) electrons. The number of carbonyl (C=O) groups is 2. The molecule has 148 valence electrons. The summed E-state index contributed by atoms with van der Waals surface area (Å²) >= 11 is 0. The summed E-state index contributed by atoms with van der Waals surface area (Å²) in [5.74, 6) is -1.27. The molecule has 1 fully saturated rings.